The average Bonchev–Trinajstić information content (AvgIpc) is 2.71. The number of carbonyl (C=O) groups is 2. The van der Waals surface area contributed by atoms with Crippen molar-refractivity contribution >= 4 is 21.9 Å². The molecule has 29 heavy (non-hydrogen) atoms. The minimum absolute atomic E-state index is 0.118. The fraction of sp³-hybridized carbons (Fsp3) is 0.550. The number of esters is 1. The Morgan fingerprint density at radius 2 is 1.79 bits per heavy atom. The fourth-order valence-corrected chi connectivity index (χ4v) is 4.42. The number of hydrogen-bond donors (Lipinski definition) is 1. The number of nitrogens with one attached hydrogen (secondary N) is 1. The van der Waals surface area contributed by atoms with Crippen LogP contribution in [-0.4, -0.2) is 50.3 Å². The zero-order valence-corrected chi connectivity index (χ0v) is 17.7. The zero-order chi connectivity index (χ0) is 21.6. The standard InChI is InChI=1S/C20H27N3O5S/c1-14(2)13-22-19(24)15(3)28-20(25)17-8-10-23(11-9-17)29(26,27)18-6-4-16(12-21)5-7-18/h4-7,14-15,17H,8-11,13H2,1-3H3,(H,22,24)/t15-/m1/s1. The van der Waals surface area contributed by atoms with Crippen LogP contribution in [0.5, 0.6) is 0 Å². The van der Waals surface area contributed by atoms with Crippen LogP contribution in [0.3, 0.4) is 0 Å². The van der Waals surface area contributed by atoms with Gasteiger partial charge in [-0.05, 0) is 49.9 Å². The number of hydrogen-bond acceptors (Lipinski definition) is 6. The summed E-state index contributed by atoms with van der Waals surface area (Å²) in [6, 6.07) is 7.69. The highest BCUT2D eigenvalue weighted by Crippen LogP contribution is 2.25. The highest BCUT2D eigenvalue weighted by atomic mass is 32.2. The molecule has 9 heteroatoms. The molecule has 158 valence electrons. The molecule has 0 radical (unpaired) electrons. The maximum atomic E-state index is 12.7. The van der Waals surface area contributed by atoms with Crippen LogP contribution in [-0.2, 0) is 24.3 Å². The molecule has 1 aromatic rings. The summed E-state index contributed by atoms with van der Waals surface area (Å²) in [5.41, 5.74) is 0.386. The van der Waals surface area contributed by atoms with E-state index in [9.17, 15) is 18.0 Å². The lowest BCUT2D eigenvalue weighted by atomic mass is 9.98. The summed E-state index contributed by atoms with van der Waals surface area (Å²) in [7, 11) is -3.68. The lowest BCUT2D eigenvalue weighted by molar-refractivity contribution is -0.159. The number of carbonyl (C=O) groups excluding carboxylic acids is 2. The van der Waals surface area contributed by atoms with Crippen molar-refractivity contribution in [1.29, 1.82) is 5.26 Å². The fourth-order valence-electron chi connectivity index (χ4n) is 2.95. The van der Waals surface area contributed by atoms with Crippen molar-refractivity contribution in [3.63, 3.8) is 0 Å². The van der Waals surface area contributed by atoms with E-state index in [2.05, 4.69) is 5.32 Å². The second-order valence-corrected chi connectivity index (χ2v) is 9.47. The number of ether oxygens (including phenoxy) is 1. The Hall–Kier alpha value is -2.44. The molecular formula is C20H27N3O5S. The van der Waals surface area contributed by atoms with Crippen molar-refractivity contribution in [3.8, 4) is 6.07 Å². The van der Waals surface area contributed by atoms with Crippen molar-refractivity contribution in [1.82, 2.24) is 9.62 Å². The molecule has 0 bridgehead atoms. The van der Waals surface area contributed by atoms with Gasteiger partial charge in [0.25, 0.3) is 5.91 Å². The smallest absolute Gasteiger partial charge is 0.309 e. The number of piperidine rings is 1. The van der Waals surface area contributed by atoms with E-state index in [0.717, 1.165) is 0 Å². The summed E-state index contributed by atoms with van der Waals surface area (Å²) >= 11 is 0. The van der Waals surface area contributed by atoms with Gasteiger partial charge in [-0.1, -0.05) is 13.8 Å². The third-order valence-electron chi connectivity index (χ3n) is 4.76. The van der Waals surface area contributed by atoms with E-state index in [4.69, 9.17) is 10.00 Å². The van der Waals surface area contributed by atoms with Crippen LogP contribution in [0.15, 0.2) is 29.2 Å². The largest absolute Gasteiger partial charge is 0.452 e. The molecule has 0 spiro atoms. The number of benzene rings is 1. The van der Waals surface area contributed by atoms with Crippen LogP contribution in [0.1, 0.15) is 39.2 Å². The third-order valence-corrected chi connectivity index (χ3v) is 6.67. The van der Waals surface area contributed by atoms with E-state index in [1.165, 1.54) is 35.5 Å². The van der Waals surface area contributed by atoms with Gasteiger partial charge in [0.15, 0.2) is 6.10 Å². The molecule has 1 saturated heterocycles. The SMILES string of the molecule is CC(C)CNC(=O)[C@@H](C)OC(=O)C1CCN(S(=O)(=O)c2ccc(C#N)cc2)CC1. The first-order chi connectivity index (χ1) is 13.6. The molecule has 1 heterocycles. The van der Waals surface area contributed by atoms with Crippen molar-refractivity contribution in [3.05, 3.63) is 29.8 Å². The van der Waals surface area contributed by atoms with Crippen LogP contribution >= 0.6 is 0 Å². The maximum absolute atomic E-state index is 12.7. The second-order valence-electron chi connectivity index (χ2n) is 7.53. The van der Waals surface area contributed by atoms with Gasteiger partial charge < -0.3 is 10.1 Å². The molecule has 1 aliphatic rings. The number of rotatable bonds is 7. The summed E-state index contributed by atoms with van der Waals surface area (Å²) in [5, 5.41) is 11.6. The molecule has 2 rings (SSSR count). The van der Waals surface area contributed by atoms with E-state index < -0.39 is 28.0 Å². The van der Waals surface area contributed by atoms with Gasteiger partial charge in [-0.15, -0.1) is 0 Å². The summed E-state index contributed by atoms with van der Waals surface area (Å²) < 4.78 is 32.1. The molecular weight excluding hydrogens is 394 g/mol. The number of nitriles is 1. The van der Waals surface area contributed by atoms with E-state index in [0.29, 0.717) is 30.9 Å². The van der Waals surface area contributed by atoms with E-state index in [1.807, 2.05) is 19.9 Å². The Morgan fingerprint density at radius 1 is 1.21 bits per heavy atom. The topological polar surface area (TPSA) is 117 Å². The molecule has 1 atom stereocenters. The Labute approximate surface area is 171 Å². The van der Waals surface area contributed by atoms with Crippen LogP contribution < -0.4 is 5.32 Å². The molecule has 1 amide bonds. The van der Waals surface area contributed by atoms with Crippen molar-refractivity contribution in [2.24, 2.45) is 11.8 Å². The van der Waals surface area contributed by atoms with Crippen LogP contribution in [0.4, 0.5) is 0 Å². The maximum Gasteiger partial charge on any atom is 0.309 e. The average molecular weight is 422 g/mol. The van der Waals surface area contributed by atoms with E-state index in [1.54, 1.807) is 0 Å². The second kappa shape index (κ2) is 9.85. The van der Waals surface area contributed by atoms with Gasteiger partial charge in [-0.2, -0.15) is 9.57 Å². The van der Waals surface area contributed by atoms with Crippen LogP contribution in [0.2, 0.25) is 0 Å². The highest BCUT2D eigenvalue weighted by Gasteiger charge is 2.33. The highest BCUT2D eigenvalue weighted by molar-refractivity contribution is 7.89. The van der Waals surface area contributed by atoms with Gasteiger partial charge in [-0.25, -0.2) is 8.42 Å². The van der Waals surface area contributed by atoms with Gasteiger partial charge in [0.1, 0.15) is 0 Å². The minimum Gasteiger partial charge on any atom is -0.452 e. The van der Waals surface area contributed by atoms with Gasteiger partial charge in [0, 0.05) is 19.6 Å². The first-order valence-electron chi connectivity index (χ1n) is 9.63. The normalized spacial score (nSPS) is 16.8. The number of sulfonamides is 1. The van der Waals surface area contributed by atoms with Crippen molar-refractivity contribution < 1.29 is 22.7 Å². The lowest BCUT2D eigenvalue weighted by Crippen LogP contribution is -2.42. The van der Waals surface area contributed by atoms with Gasteiger partial charge in [0.2, 0.25) is 10.0 Å². The molecule has 1 fully saturated rings. The summed E-state index contributed by atoms with van der Waals surface area (Å²) in [4.78, 5) is 24.4. The molecule has 0 unspecified atom stereocenters. The lowest BCUT2D eigenvalue weighted by Gasteiger charge is -2.30. The molecule has 0 aromatic heterocycles. The molecule has 0 aliphatic carbocycles. The Balaban J connectivity index is 1.89. The minimum atomic E-state index is -3.68. The van der Waals surface area contributed by atoms with Crippen molar-refractivity contribution in [2.75, 3.05) is 19.6 Å². The van der Waals surface area contributed by atoms with Crippen molar-refractivity contribution in [2.45, 2.75) is 44.6 Å². The molecule has 1 aromatic carbocycles. The monoisotopic (exact) mass is 421 g/mol. The number of amides is 1. The van der Waals surface area contributed by atoms with Gasteiger partial charge >= 0.3 is 5.97 Å². The molecule has 0 saturated carbocycles. The van der Waals surface area contributed by atoms with E-state index in [-0.39, 0.29) is 23.9 Å². The molecule has 8 nitrogen and oxygen atoms in total. The Kier molecular flexibility index (Phi) is 7.76. The van der Waals surface area contributed by atoms with Crippen LogP contribution in [0, 0.1) is 23.2 Å². The summed E-state index contributed by atoms with van der Waals surface area (Å²) in [6.07, 6.45) is -0.231. The quantitative estimate of drug-likeness (QED) is 0.669. The predicted molar refractivity (Wildman–Crippen MR) is 106 cm³/mol. The first-order valence-corrected chi connectivity index (χ1v) is 11.1. The summed E-state index contributed by atoms with van der Waals surface area (Å²) in [6.45, 7) is 6.35. The van der Waals surface area contributed by atoms with Gasteiger partial charge in [-0.3, -0.25) is 9.59 Å². The Morgan fingerprint density at radius 3 is 2.31 bits per heavy atom. The van der Waals surface area contributed by atoms with Crippen LogP contribution in [0.25, 0.3) is 0 Å². The predicted octanol–water partition coefficient (Wildman–Crippen LogP) is 1.66. The zero-order valence-electron chi connectivity index (χ0n) is 16.9. The third kappa shape index (κ3) is 6.02. The first kappa shape index (κ1) is 22.8. The van der Waals surface area contributed by atoms with E-state index >= 15 is 0 Å². The molecule has 1 N–H and O–H groups in total. The molecule has 1 aliphatic heterocycles. The van der Waals surface area contributed by atoms with Gasteiger partial charge in [0.05, 0.1) is 22.4 Å². The summed E-state index contributed by atoms with van der Waals surface area (Å²) in [5.74, 6) is -0.965. The Bertz CT molecular complexity index is 866. The number of nitrogens with zero attached hydrogens (tertiary/aromatic N) is 2.